The number of benzene rings is 9. The van der Waals surface area contributed by atoms with Crippen molar-refractivity contribution in [2.75, 3.05) is 0 Å². The smallest absolute Gasteiger partial charge is 0.132 e. The summed E-state index contributed by atoms with van der Waals surface area (Å²) >= 11 is 0. The molecule has 11 aromatic rings. The minimum Gasteiger partial charge on any atom is -0.457 e. The average Bonchev–Trinajstić information content (AvgIpc) is 3.65. The van der Waals surface area contributed by atoms with Crippen LogP contribution in [0, 0.1) is 0 Å². The van der Waals surface area contributed by atoms with E-state index >= 15 is 0 Å². The lowest BCUT2D eigenvalue weighted by molar-refractivity contribution is 0.436. The molecule has 0 amide bonds. The van der Waals surface area contributed by atoms with E-state index in [1.165, 1.54) is 27.6 Å². The summed E-state index contributed by atoms with van der Waals surface area (Å²) in [6.45, 7) is 0. The molecule has 2 aliphatic rings. The Hall–Kier alpha value is -8.40. The second kappa shape index (κ2) is 14.3. The van der Waals surface area contributed by atoms with Gasteiger partial charge in [-0.25, -0.2) is 9.97 Å². The summed E-state index contributed by atoms with van der Waals surface area (Å²) in [5, 5.41) is 3.44. The fourth-order valence-electron chi connectivity index (χ4n) is 10.5. The van der Waals surface area contributed by atoms with Crippen molar-refractivity contribution in [1.29, 1.82) is 0 Å². The maximum atomic E-state index is 6.64. The van der Waals surface area contributed by atoms with Gasteiger partial charge < -0.3 is 4.74 Å². The van der Waals surface area contributed by atoms with Crippen LogP contribution in [0.25, 0.3) is 88.8 Å². The summed E-state index contributed by atoms with van der Waals surface area (Å²) in [7, 11) is 0. The first-order valence-electron chi connectivity index (χ1n) is 21.9. The first-order valence-corrected chi connectivity index (χ1v) is 21.9. The third kappa shape index (κ3) is 5.54. The highest BCUT2D eigenvalue weighted by molar-refractivity contribution is 6.13. The van der Waals surface area contributed by atoms with Crippen molar-refractivity contribution in [3.05, 3.63) is 253 Å². The van der Waals surface area contributed by atoms with E-state index in [-0.39, 0.29) is 0 Å². The normalized spacial score (nSPS) is 12.9. The number of hydrogen-bond acceptors (Lipinski definition) is 3. The van der Waals surface area contributed by atoms with Gasteiger partial charge in [0.05, 0.1) is 28.0 Å². The van der Waals surface area contributed by atoms with Crippen molar-refractivity contribution in [2.24, 2.45) is 0 Å². The Balaban J connectivity index is 0.990. The second-order valence-corrected chi connectivity index (χ2v) is 16.8. The van der Waals surface area contributed by atoms with Gasteiger partial charge in [-0.15, -0.1) is 0 Å². The molecule has 1 aliphatic heterocycles. The lowest BCUT2D eigenvalue weighted by atomic mass is 9.66. The standard InChI is InChI=1S/C61H38N2O/c1-3-17-39(18-4-1)56-35-45(36-57(62-56)40-19-5-2-6-20-40)43-23-15-21-41(33-43)42-22-16-24-44(34-42)60-50-37-49-46-25-7-9-27-51(46)61(54(49)38-48(50)47-26-8-12-30-55(47)63-60)52-28-10-13-31-58(52)64-59-32-14-11-29-53(59)61/h1-38H. The molecule has 0 saturated carbocycles. The van der Waals surface area contributed by atoms with E-state index in [0.29, 0.717) is 0 Å². The lowest BCUT2D eigenvalue weighted by Gasteiger charge is -2.39. The summed E-state index contributed by atoms with van der Waals surface area (Å²) in [4.78, 5) is 10.6. The Morgan fingerprint density at radius 3 is 1.48 bits per heavy atom. The number of aromatic nitrogens is 2. The summed E-state index contributed by atoms with van der Waals surface area (Å²) in [5.41, 5.74) is 18.4. The first kappa shape index (κ1) is 36.3. The van der Waals surface area contributed by atoms with Crippen molar-refractivity contribution < 1.29 is 4.74 Å². The Morgan fingerprint density at radius 2 is 0.812 bits per heavy atom. The third-order valence-electron chi connectivity index (χ3n) is 13.3. The van der Waals surface area contributed by atoms with Crippen LogP contribution in [0.4, 0.5) is 0 Å². The zero-order chi connectivity index (χ0) is 42.2. The average molecular weight is 815 g/mol. The highest BCUT2D eigenvalue weighted by Gasteiger charge is 2.51. The van der Waals surface area contributed by atoms with Crippen molar-refractivity contribution in [3.8, 4) is 78.7 Å². The molecular weight excluding hydrogens is 777 g/mol. The number of rotatable bonds is 5. The number of fused-ring (bicyclic) bond motifs is 12. The molecule has 2 aromatic heterocycles. The maximum Gasteiger partial charge on any atom is 0.132 e. The summed E-state index contributed by atoms with van der Waals surface area (Å²) in [6.07, 6.45) is 0. The van der Waals surface area contributed by atoms with Gasteiger partial charge in [0.15, 0.2) is 0 Å². The molecule has 1 spiro atoms. The van der Waals surface area contributed by atoms with Crippen LogP contribution in [0.3, 0.4) is 0 Å². The Labute approximate surface area is 371 Å². The minimum absolute atomic E-state index is 0.556. The van der Waals surface area contributed by atoms with Crippen LogP contribution in [0.15, 0.2) is 231 Å². The quantitative estimate of drug-likeness (QED) is 0.162. The molecule has 0 N–H and O–H groups in total. The predicted octanol–water partition coefficient (Wildman–Crippen LogP) is 15.6. The van der Waals surface area contributed by atoms with E-state index in [4.69, 9.17) is 14.7 Å². The van der Waals surface area contributed by atoms with Gasteiger partial charge >= 0.3 is 0 Å². The van der Waals surface area contributed by atoms with Crippen LogP contribution >= 0.6 is 0 Å². The number of nitrogens with zero attached hydrogens (tertiary/aromatic N) is 2. The molecule has 0 unspecified atom stereocenters. The third-order valence-corrected chi connectivity index (χ3v) is 13.3. The molecule has 3 heterocycles. The van der Waals surface area contributed by atoms with Crippen LogP contribution in [-0.2, 0) is 5.41 Å². The van der Waals surface area contributed by atoms with Crippen molar-refractivity contribution >= 4 is 21.7 Å². The largest absolute Gasteiger partial charge is 0.457 e. The van der Waals surface area contributed by atoms with Gasteiger partial charge in [0.2, 0.25) is 0 Å². The molecule has 298 valence electrons. The van der Waals surface area contributed by atoms with Gasteiger partial charge in [-0.3, -0.25) is 0 Å². The SMILES string of the molecule is c1ccc(-c2cc(-c3cccc(-c4cccc(-c5nc6ccccc6c6cc7c(cc56)-c5ccccc5C75c6ccccc6Oc6ccccc65)c4)c3)cc(-c3ccccc3)n2)cc1. The van der Waals surface area contributed by atoms with Crippen LogP contribution < -0.4 is 4.74 Å². The molecule has 64 heavy (non-hydrogen) atoms. The molecule has 3 nitrogen and oxygen atoms in total. The number of hydrogen-bond donors (Lipinski definition) is 0. The second-order valence-electron chi connectivity index (χ2n) is 16.8. The molecule has 13 rings (SSSR count). The highest BCUT2D eigenvalue weighted by Crippen LogP contribution is 2.62. The van der Waals surface area contributed by atoms with Gasteiger partial charge in [0.1, 0.15) is 11.5 Å². The summed E-state index contributed by atoms with van der Waals surface area (Å²) < 4.78 is 6.64. The molecule has 3 heteroatoms. The van der Waals surface area contributed by atoms with Crippen molar-refractivity contribution in [1.82, 2.24) is 9.97 Å². The van der Waals surface area contributed by atoms with E-state index in [2.05, 4.69) is 218 Å². The fourth-order valence-corrected chi connectivity index (χ4v) is 10.5. The monoisotopic (exact) mass is 814 g/mol. The maximum absolute atomic E-state index is 6.64. The first-order chi connectivity index (χ1) is 31.7. The molecule has 0 saturated heterocycles. The molecule has 0 bridgehead atoms. The van der Waals surface area contributed by atoms with Gasteiger partial charge in [-0.05, 0) is 104 Å². The topological polar surface area (TPSA) is 35.0 Å². The minimum atomic E-state index is -0.556. The molecule has 0 radical (unpaired) electrons. The molecule has 0 atom stereocenters. The van der Waals surface area contributed by atoms with E-state index < -0.39 is 5.41 Å². The van der Waals surface area contributed by atoms with Crippen LogP contribution in [0.5, 0.6) is 11.5 Å². The van der Waals surface area contributed by atoms with Crippen LogP contribution in [0.2, 0.25) is 0 Å². The lowest BCUT2D eigenvalue weighted by Crippen LogP contribution is -2.32. The molecule has 0 fully saturated rings. The molecular formula is C61H38N2O. The summed E-state index contributed by atoms with van der Waals surface area (Å²) in [6, 6.07) is 82.6. The molecule has 9 aromatic carbocycles. The van der Waals surface area contributed by atoms with E-state index in [1.54, 1.807) is 0 Å². The number of ether oxygens (including phenoxy) is 1. The van der Waals surface area contributed by atoms with Gasteiger partial charge in [-0.1, -0.05) is 176 Å². The van der Waals surface area contributed by atoms with Gasteiger partial charge in [0.25, 0.3) is 0 Å². The van der Waals surface area contributed by atoms with E-state index in [1.807, 2.05) is 12.1 Å². The Bertz CT molecular complexity index is 3550. The van der Waals surface area contributed by atoms with E-state index in [0.717, 1.165) is 94.9 Å². The number of para-hydroxylation sites is 3. The number of pyridine rings is 2. The zero-order valence-electron chi connectivity index (χ0n) is 34.7. The zero-order valence-corrected chi connectivity index (χ0v) is 34.7. The predicted molar refractivity (Wildman–Crippen MR) is 262 cm³/mol. The van der Waals surface area contributed by atoms with Gasteiger partial charge in [0, 0.05) is 38.6 Å². The van der Waals surface area contributed by atoms with Gasteiger partial charge in [-0.2, -0.15) is 0 Å². The van der Waals surface area contributed by atoms with Crippen LogP contribution in [-0.4, -0.2) is 9.97 Å². The van der Waals surface area contributed by atoms with Crippen molar-refractivity contribution in [2.45, 2.75) is 5.41 Å². The van der Waals surface area contributed by atoms with Crippen molar-refractivity contribution in [3.63, 3.8) is 0 Å². The Kier molecular flexibility index (Phi) is 8.13. The summed E-state index contributed by atoms with van der Waals surface area (Å²) in [5.74, 6) is 1.78. The highest BCUT2D eigenvalue weighted by atomic mass is 16.5. The van der Waals surface area contributed by atoms with Crippen LogP contribution in [0.1, 0.15) is 22.3 Å². The van der Waals surface area contributed by atoms with E-state index in [9.17, 15) is 0 Å². The Morgan fingerprint density at radius 1 is 0.297 bits per heavy atom. The fraction of sp³-hybridized carbons (Fsp3) is 0.0164. The molecule has 1 aliphatic carbocycles.